The third kappa shape index (κ3) is 3.66. The first-order valence-electron chi connectivity index (χ1n) is 9.70. The Morgan fingerprint density at radius 1 is 1.10 bits per heavy atom. The Hall–Kier alpha value is -2.91. The van der Waals surface area contributed by atoms with E-state index in [0.717, 1.165) is 54.2 Å². The van der Waals surface area contributed by atoms with Gasteiger partial charge in [-0.1, -0.05) is 6.42 Å². The molecule has 0 atom stereocenters. The summed E-state index contributed by atoms with van der Waals surface area (Å²) in [6, 6.07) is 6.59. The van der Waals surface area contributed by atoms with Crippen LogP contribution in [0.5, 0.6) is 0 Å². The number of hydrogen-bond acceptors (Lipinski definition) is 6. The summed E-state index contributed by atoms with van der Waals surface area (Å²) in [4.78, 5) is 17.0. The first kappa shape index (κ1) is 19.1. The molecule has 4 aromatic rings. The standard InChI is InChI=1S/C21H18FN5OS2/c22-15-6-5-13(19-26-25-18-4-2-1-3-8-27(18)19)10-16(15)23-20(28)17-12-30-21(24-17)14-7-9-29-11-14/h5-7,9-12H,1-4,8H2,(H,23,28). The Labute approximate surface area is 180 Å². The van der Waals surface area contributed by atoms with Gasteiger partial charge in [0, 0.05) is 34.9 Å². The number of nitrogens with zero attached hydrogens (tertiary/aromatic N) is 4. The Morgan fingerprint density at radius 2 is 2.03 bits per heavy atom. The summed E-state index contributed by atoms with van der Waals surface area (Å²) in [7, 11) is 0. The van der Waals surface area contributed by atoms with Gasteiger partial charge in [-0.3, -0.25) is 4.79 Å². The maximum atomic E-state index is 14.4. The van der Waals surface area contributed by atoms with Crippen molar-refractivity contribution in [3.63, 3.8) is 0 Å². The van der Waals surface area contributed by atoms with Gasteiger partial charge in [-0.25, -0.2) is 9.37 Å². The van der Waals surface area contributed by atoms with Crippen LogP contribution in [0, 0.1) is 5.82 Å². The molecule has 5 rings (SSSR count). The lowest BCUT2D eigenvalue weighted by molar-refractivity contribution is 0.102. The van der Waals surface area contributed by atoms with Gasteiger partial charge in [-0.2, -0.15) is 11.3 Å². The number of thiophene rings is 1. The van der Waals surface area contributed by atoms with Gasteiger partial charge in [0.05, 0.1) is 5.69 Å². The maximum absolute atomic E-state index is 14.4. The summed E-state index contributed by atoms with van der Waals surface area (Å²) >= 11 is 2.96. The molecule has 0 fully saturated rings. The molecule has 4 heterocycles. The smallest absolute Gasteiger partial charge is 0.275 e. The topological polar surface area (TPSA) is 72.7 Å². The van der Waals surface area contributed by atoms with E-state index in [0.29, 0.717) is 5.82 Å². The summed E-state index contributed by atoms with van der Waals surface area (Å²) in [6.45, 7) is 0.848. The highest BCUT2D eigenvalue weighted by Gasteiger charge is 2.19. The molecule has 1 N–H and O–H groups in total. The fourth-order valence-corrected chi connectivity index (χ4v) is 5.05. The Morgan fingerprint density at radius 3 is 2.90 bits per heavy atom. The third-order valence-corrected chi connectivity index (χ3v) is 6.66. The molecule has 3 aromatic heterocycles. The molecule has 1 aliphatic heterocycles. The zero-order valence-electron chi connectivity index (χ0n) is 16.0. The van der Waals surface area contributed by atoms with Crippen molar-refractivity contribution in [1.29, 1.82) is 0 Å². The number of carbonyl (C=O) groups excluding carboxylic acids is 1. The van der Waals surface area contributed by atoms with Crippen molar-refractivity contribution >= 4 is 34.3 Å². The number of aryl methyl sites for hydroxylation is 1. The lowest BCUT2D eigenvalue weighted by Gasteiger charge is -2.10. The molecule has 0 spiro atoms. The van der Waals surface area contributed by atoms with Crippen LogP contribution in [0.2, 0.25) is 0 Å². The molecule has 0 radical (unpaired) electrons. The van der Waals surface area contributed by atoms with Gasteiger partial charge in [-0.05, 0) is 42.5 Å². The van der Waals surface area contributed by atoms with E-state index in [1.807, 2.05) is 16.8 Å². The summed E-state index contributed by atoms with van der Waals surface area (Å²) < 4.78 is 16.5. The van der Waals surface area contributed by atoms with Gasteiger partial charge in [0.2, 0.25) is 0 Å². The molecular weight excluding hydrogens is 421 g/mol. The second kappa shape index (κ2) is 8.08. The summed E-state index contributed by atoms with van der Waals surface area (Å²) in [5, 5.41) is 17.7. The van der Waals surface area contributed by atoms with Crippen molar-refractivity contribution in [2.45, 2.75) is 32.2 Å². The number of benzene rings is 1. The van der Waals surface area contributed by atoms with Gasteiger partial charge in [0.25, 0.3) is 5.91 Å². The number of nitrogens with one attached hydrogen (secondary N) is 1. The minimum absolute atomic E-state index is 0.105. The van der Waals surface area contributed by atoms with Crippen LogP contribution >= 0.6 is 22.7 Å². The van der Waals surface area contributed by atoms with Crippen molar-refractivity contribution in [2.75, 3.05) is 5.32 Å². The van der Waals surface area contributed by atoms with Gasteiger partial charge >= 0.3 is 0 Å². The number of hydrogen-bond donors (Lipinski definition) is 1. The summed E-state index contributed by atoms with van der Waals surface area (Å²) in [5.74, 6) is 0.719. The van der Waals surface area contributed by atoms with Gasteiger partial charge in [-0.15, -0.1) is 21.5 Å². The van der Waals surface area contributed by atoms with E-state index in [4.69, 9.17) is 0 Å². The highest BCUT2D eigenvalue weighted by molar-refractivity contribution is 7.14. The van der Waals surface area contributed by atoms with Crippen molar-refractivity contribution in [1.82, 2.24) is 19.7 Å². The van der Waals surface area contributed by atoms with Gasteiger partial charge in [0.15, 0.2) is 5.82 Å². The van der Waals surface area contributed by atoms with E-state index in [9.17, 15) is 9.18 Å². The minimum Gasteiger partial charge on any atom is -0.318 e. The number of rotatable bonds is 4. The van der Waals surface area contributed by atoms with Crippen LogP contribution in [0.15, 0.2) is 40.4 Å². The first-order chi connectivity index (χ1) is 14.7. The molecule has 0 saturated carbocycles. The van der Waals surface area contributed by atoms with Crippen molar-refractivity contribution < 1.29 is 9.18 Å². The normalized spacial score (nSPS) is 13.6. The average Bonchev–Trinajstić information content (AvgIpc) is 3.48. The first-order valence-corrected chi connectivity index (χ1v) is 11.5. The zero-order chi connectivity index (χ0) is 20.5. The van der Waals surface area contributed by atoms with Crippen LogP contribution in [0.3, 0.4) is 0 Å². The number of carbonyl (C=O) groups is 1. The van der Waals surface area contributed by atoms with Crippen LogP contribution < -0.4 is 5.32 Å². The highest BCUT2D eigenvalue weighted by atomic mass is 32.1. The quantitative estimate of drug-likeness (QED) is 0.471. The maximum Gasteiger partial charge on any atom is 0.275 e. The second-order valence-electron chi connectivity index (χ2n) is 7.10. The SMILES string of the molecule is O=C(Nc1cc(-c2nnc3n2CCCCC3)ccc1F)c1csc(-c2ccsc2)n1. The van der Waals surface area contributed by atoms with Crippen molar-refractivity contribution in [3.05, 3.63) is 57.7 Å². The van der Waals surface area contributed by atoms with E-state index >= 15 is 0 Å². The van der Waals surface area contributed by atoms with Crippen LogP contribution in [0.4, 0.5) is 10.1 Å². The van der Waals surface area contributed by atoms with E-state index < -0.39 is 11.7 Å². The van der Waals surface area contributed by atoms with Crippen LogP contribution in [0.1, 0.15) is 35.6 Å². The van der Waals surface area contributed by atoms with Gasteiger partial charge in [0.1, 0.15) is 22.3 Å². The Balaban J connectivity index is 1.41. The van der Waals surface area contributed by atoms with E-state index in [-0.39, 0.29) is 11.4 Å². The van der Waals surface area contributed by atoms with Crippen LogP contribution in [-0.2, 0) is 13.0 Å². The van der Waals surface area contributed by atoms with E-state index in [1.165, 1.54) is 17.4 Å². The van der Waals surface area contributed by atoms with Crippen LogP contribution in [0.25, 0.3) is 22.0 Å². The predicted molar refractivity (Wildman–Crippen MR) is 116 cm³/mol. The van der Waals surface area contributed by atoms with E-state index in [1.54, 1.807) is 28.8 Å². The molecule has 152 valence electrons. The number of fused-ring (bicyclic) bond motifs is 1. The average molecular weight is 440 g/mol. The molecule has 0 saturated heterocycles. The molecule has 1 aliphatic rings. The lowest BCUT2D eigenvalue weighted by Crippen LogP contribution is -2.13. The number of aromatic nitrogens is 4. The molecule has 9 heteroatoms. The molecular formula is C21H18FN5OS2. The monoisotopic (exact) mass is 439 g/mol. The molecule has 0 unspecified atom stereocenters. The van der Waals surface area contributed by atoms with Crippen molar-refractivity contribution in [2.24, 2.45) is 0 Å². The number of anilines is 1. The molecule has 1 amide bonds. The number of amides is 1. The number of halogens is 1. The zero-order valence-corrected chi connectivity index (χ0v) is 17.6. The second-order valence-corrected chi connectivity index (χ2v) is 8.74. The summed E-state index contributed by atoms with van der Waals surface area (Å²) in [6.07, 6.45) is 4.23. The lowest BCUT2D eigenvalue weighted by atomic mass is 10.1. The Bertz CT molecular complexity index is 1200. The van der Waals surface area contributed by atoms with Crippen LogP contribution in [-0.4, -0.2) is 25.7 Å². The summed E-state index contributed by atoms with van der Waals surface area (Å²) in [5.41, 5.74) is 2.07. The van der Waals surface area contributed by atoms with Gasteiger partial charge < -0.3 is 9.88 Å². The number of thiazole rings is 1. The molecule has 1 aromatic carbocycles. The fourth-order valence-electron chi connectivity index (χ4n) is 3.54. The minimum atomic E-state index is -0.504. The van der Waals surface area contributed by atoms with Crippen molar-refractivity contribution in [3.8, 4) is 22.0 Å². The molecule has 6 nitrogen and oxygen atoms in total. The molecule has 0 aliphatic carbocycles. The predicted octanol–water partition coefficient (Wildman–Crippen LogP) is 5.25. The largest absolute Gasteiger partial charge is 0.318 e. The third-order valence-electron chi connectivity index (χ3n) is 5.09. The molecule has 0 bridgehead atoms. The molecule has 30 heavy (non-hydrogen) atoms. The fraction of sp³-hybridized carbons (Fsp3) is 0.238. The Kier molecular flexibility index (Phi) is 5.14. The van der Waals surface area contributed by atoms with E-state index in [2.05, 4.69) is 25.1 Å². The highest BCUT2D eigenvalue weighted by Crippen LogP contribution is 2.28.